The van der Waals surface area contributed by atoms with Crippen LogP contribution in [0.1, 0.15) is 0 Å². The SMILES string of the molecule is COc1c(O[C@@H]2O[C@H](CO)[C@@H](O)[C@H](O)[C@H]2O)cc2oc(-c3ccc(O)c(O)c3)c(O[C@@H]3O[C@H](CO)[C@@H](O)[C@H](O)[C@H]3O)c(=O)c2c1O. The summed E-state index contributed by atoms with van der Waals surface area (Å²) in [6.07, 6.45) is -17.4. The smallest absolute Gasteiger partial charge is 0.239 e. The van der Waals surface area contributed by atoms with Crippen LogP contribution in [0, 0.1) is 0 Å². The van der Waals surface area contributed by atoms with Gasteiger partial charge in [0.1, 0.15) is 59.8 Å². The zero-order chi connectivity index (χ0) is 33.6. The molecule has 0 saturated carbocycles. The number of phenols is 3. The molecule has 3 heterocycles. The van der Waals surface area contributed by atoms with Gasteiger partial charge in [-0.1, -0.05) is 0 Å². The van der Waals surface area contributed by atoms with Gasteiger partial charge in [-0.3, -0.25) is 4.79 Å². The van der Waals surface area contributed by atoms with Crippen LogP contribution in [-0.4, -0.2) is 138 Å². The van der Waals surface area contributed by atoms with Crippen LogP contribution in [-0.2, 0) is 9.47 Å². The molecule has 0 amide bonds. The van der Waals surface area contributed by atoms with Crippen LogP contribution >= 0.6 is 0 Å². The molecule has 2 aliphatic rings. The standard InChI is InChI=1S/C28H32O18/c1-41-25-12(43-27-22(39)20(37)16(33)13(6-29)44-27)5-11-15(18(25)35)19(36)26(24(42-11)8-2-3-9(31)10(32)4-8)46-28-23(40)21(38)17(34)14(7-30)45-28/h2-5,13-14,16-17,20-23,27-35,37-40H,6-7H2,1H3/t13-,14-,16-,17-,20+,21+,22-,23-,27-,28+/m1/s1. The molecule has 18 heteroatoms. The highest BCUT2D eigenvalue weighted by Gasteiger charge is 2.47. The average Bonchev–Trinajstić information content (AvgIpc) is 3.03. The van der Waals surface area contributed by atoms with Gasteiger partial charge in [0.15, 0.2) is 28.8 Å². The summed E-state index contributed by atoms with van der Waals surface area (Å²) in [5, 5.41) is 111. The van der Waals surface area contributed by atoms with E-state index in [1.165, 1.54) is 6.07 Å². The first-order chi connectivity index (χ1) is 21.8. The van der Waals surface area contributed by atoms with Crippen LogP contribution < -0.4 is 19.6 Å². The highest BCUT2D eigenvalue weighted by molar-refractivity contribution is 5.91. The number of phenolic OH excluding ortho intramolecular Hbond substituents is 3. The first kappa shape index (κ1) is 33.4. The zero-order valence-corrected chi connectivity index (χ0v) is 23.8. The van der Waals surface area contributed by atoms with Crippen molar-refractivity contribution in [3.05, 3.63) is 34.5 Å². The fraction of sp³-hybridized carbons (Fsp3) is 0.464. The molecule has 0 aliphatic carbocycles. The summed E-state index contributed by atoms with van der Waals surface area (Å²) in [6.45, 7) is -1.58. The van der Waals surface area contributed by atoms with E-state index in [2.05, 4.69) is 0 Å². The number of aromatic hydroxyl groups is 3. The number of fused-ring (bicyclic) bond motifs is 1. The number of hydrogen-bond acceptors (Lipinski definition) is 18. The third-order valence-electron chi connectivity index (χ3n) is 7.65. The fourth-order valence-corrected chi connectivity index (χ4v) is 5.09. The Bertz CT molecular complexity index is 1620. The molecule has 5 rings (SSSR count). The minimum absolute atomic E-state index is 0.0967. The fourth-order valence-electron chi connectivity index (χ4n) is 5.09. The van der Waals surface area contributed by atoms with Gasteiger partial charge in [-0.25, -0.2) is 0 Å². The highest BCUT2D eigenvalue weighted by atomic mass is 16.7. The molecule has 10 atom stereocenters. The van der Waals surface area contributed by atoms with Crippen LogP contribution in [0.2, 0.25) is 0 Å². The maximum absolute atomic E-state index is 14.0. The summed E-state index contributed by atoms with van der Waals surface area (Å²) < 4.78 is 33.1. The lowest BCUT2D eigenvalue weighted by atomic mass is 9.99. The molecule has 2 aromatic carbocycles. The van der Waals surface area contributed by atoms with Gasteiger partial charge >= 0.3 is 0 Å². The predicted molar refractivity (Wildman–Crippen MR) is 148 cm³/mol. The van der Waals surface area contributed by atoms with E-state index in [-0.39, 0.29) is 5.56 Å². The Labute approximate surface area is 257 Å². The molecule has 0 spiro atoms. The van der Waals surface area contributed by atoms with Crippen molar-refractivity contribution in [2.75, 3.05) is 20.3 Å². The number of ether oxygens (including phenoxy) is 5. The molecule has 1 aromatic heterocycles. The van der Waals surface area contributed by atoms with Gasteiger partial charge in [0.05, 0.1) is 20.3 Å². The Morgan fingerprint density at radius 3 is 1.80 bits per heavy atom. The van der Waals surface area contributed by atoms with Crippen molar-refractivity contribution >= 4 is 11.0 Å². The second kappa shape index (κ2) is 13.0. The molecule has 2 fully saturated rings. The molecule has 252 valence electrons. The van der Waals surface area contributed by atoms with Gasteiger partial charge in [-0.05, 0) is 18.2 Å². The van der Waals surface area contributed by atoms with E-state index in [1.807, 2.05) is 0 Å². The van der Waals surface area contributed by atoms with Crippen molar-refractivity contribution in [2.24, 2.45) is 0 Å². The van der Waals surface area contributed by atoms with E-state index in [1.54, 1.807) is 0 Å². The summed E-state index contributed by atoms with van der Waals surface area (Å²) in [5.41, 5.74) is -1.65. The second-order valence-electron chi connectivity index (χ2n) is 10.6. The van der Waals surface area contributed by atoms with E-state index < -0.39 is 131 Å². The maximum atomic E-state index is 14.0. The van der Waals surface area contributed by atoms with Crippen molar-refractivity contribution in [1.29, 1.82) is 0 Å². The molecule has 0 unspecified atom stereocenters. The monoisotopic (exact) mass is 656 g/mol. The second-order valence-corrected chi connectivity index (χ2v) is 10.6. The Morgan fingerprint density at radius 1 is 0.717 bits per heavy atom. The first-order valence-corrected chi connectivity index (χ1v) is 13.7. The van der Waals surface area contributed by atoms with Crippen molar-refractivity contribution in [3.63, 3.8) is 0 Å². The maximum Gasteiger partial charge on any atom is 0.239 e. The van der Waals surface area contributed by atoms with Gasteiger partial charge in [-0.15, -0.1) is 0 Å². The van der Waals surface area contributed by atoms with Gasteiger partial charge in [0.25, 0.3) is 0 Å². The first-order valence-electron chi connectivity index (χ1n) is 13.7. The predicted octanol–water partition coefficient (Wildman–Crippen LogP) is -3.06. The normalized spacial score (nSPS) is 31.5. The number of aliphatic hydroxyl groups is 8. The number of aliphatic hydroxyl groups excluding tert-OH is 8. The Kier molecular flexibility index (Phi) is 9.47. The summed E-state index contributed by atoms with van der Waals surface area (Å²) in [5.74, 6) is -4.25. The number of benzene rings is 2. The summed E-state index contributed by atoms with van der Waals surface area (Å²) in [7, 11) is 1.08. The minimum atomic E-state index is -1.97. The molecule has 11 N–H and O–H groups in total. The molecule has 0 radical (unpaired) electrons. The highest BCUT2D eigenvalue weighted by Crippen LogP contribution is 2.46. The average molecular weight is 657 g/mol. The van der Waals surface area contributed by atoms with Crippen LogP contribution in [0.25, 0.3) is 22.3 Å². The molecular weight excluding hydrogens is 624 g/mol. The van der Waals surface area contributed by atoms with Gasteiger partial charge in [0.2, 0.25) is 29.5 Å². The van der Waals surface area contributed by atoms with Crippen molar-refractivity contribution < 1.29 is 84.3 Å². The molecule has 18 nitrogen and oxygen atoms in total. The van der Waals surface area contributed by atoms with Crippen LogP contribution in [0.5, 0.6) is 34.5 Å². The summed E-state index contributed by atoms with van der Waals surface area (Å²) in [6, 6.07) is 4.26. The van der Waals surface area contributed by atoms with Gasteiger partial charge < -0.3 is 84.3 Å². The Morgan fingerprint density at radius 2 is 1.28 bits per heavy atom. The third-order valence-corrected chi connectivity index (χ3v) is 7.65. The number of rotatable bonds is 8. The lowest BCUT2D eigenvalue weighted by Crippen LogP contribution is -2.60. The zero-order valence-electron chi connectivity index (χ0n) is 23.8. The van der Waals surface area contributed by atoms with E-state index in [0.29, 0.717) is 0 Å². The summed E-state index contributed by atoms with van der Waals surface area (Å²) in [4.78, 5) is 14.0. The Hall–Kier alpha value is -3.95. The number of hydrogen-bond donors (Lipinski definition) is 11. The van der Waals surface area contributed by atoms with E-state index in [0.717, 1.165) is 25.3 Å². The molecule has 46 heavy (non-hydrogen) atoms. The van der Waals surface area contributed by atoms with Crippen molar-refractivity contribution in [3.8, 4) is 45.8 Å². The van der Waals surface area contributed by atoms with Crippen LogP contribution in [0.15, 0.2) is 33.5 Å². The lowest BCUT2D eigenvalue weighted by Gasteiger charge is -2.39. The lowest BCUT2D eigenvalue weighted by molar-refractivity contribution is -0.277. The molecule has 2 saturated heterocycles. The van der Waals surface area contributed by atoms with Crippen LogP contribution in [0.4, 0.5) is 0 Å². The van der Waals surface area contributed by atoms with Crippen LogP contribution in [0.3, 0.4) is 0 Å². The Balaban J connectivity index is 1.66. The number of methoxy groups -OCH3 is 1. The third kappa shape index (κ3) is 5.75. The van der Waals surface area contributed by atoms with E-state index in [9.17, 15) is 61.0 Å². The largest absolute Gasteiger partial charge is 0.504 e. The topological polar surface area (TPSA) is 299 Å². The van der Waals surface area contributed by atoms with Crippen molar-refractivity contribution in [1.82, 2.24) is 0 Å². The minimum Gasteiger partial charge on any atom is -0.504 e. The summed E-state index contributed by atoms with van der Waals surface area (Å²) >= 11 is 0. The molecule has 0 bridgehead atoms. The van der Waals surface area contributed by atoms with Gasteiger partial charge in [0, 0.05) is 11.6 Å². The van der Waals surface area contributed by atoms with E-state index in [4.69, 9.17) is 28.1 Å². The van der Waals surface area contributed by atoms with Gasteiger partial charge in [-0.2, -0.15) is 0 Å². The van der Waals surface area contributed by atoms with E-state index >= 15 is 0 Å². The van der Waals surface area contributed by atoms with Crippen molar-refractivity contribution in [2.45, 2.75) is 61.4 Å². The quantitative estimate of drug-likeness (QED) is 0.107. The molecule has 3 aromatic rings. The molecule has 2 aliphatic heterocycles. The molecular formula is C28H32O18.